The molecule has 1 amide bonds. The minimum Gasteiger partial charge on any atom is -0.354 e. The Bertz CT molecular complexity index is 873. The Morgan fingerprint density at radius 2 is 2.04 bits per heavy atom. The molecule has 1 aliphatic heterocycles. The molecule has 1 aromatic heterocycles. The summed E-state index contributed by atoms with van der Waals surface area (Å²) in [5.41, 5.74) is 1.91. The third-order valence-electron chi connectivity index (χ3n) is 4.09. The number of nitrogens with one attached hydrogen (secondary N) is 2. The molecule has 0 fully saturated rings. The van der Waals surface area contributed by atoms with Crippen LogP contribution in [0.2, 0.25) is 0 Å². The first kappa shape index (κ1) is 16.5. The molecule has 1 aliphatic rings. The van der Waals surface area contributed by atoms with Gasteiger partial charge >= 0.3 is 0 Å². The van der Waals surface area contributed by atoms with Crippen LogP contribution in [0.3, 0.4) is 0 Å². The molecule has 0 saturated heterocycles. The zero-order valence-corrected chi connectivity index (χ0v) is 14.4. The molecule has 7 nitrogen and oxygen atoms in total. The summed E-state index contributed by atoms with van der Waals surface area (Å²) in [5.74, 6) is -0.322. The van der Waals surface area contributed by atoms with Crippen LogP contribution in [0.4, 0.5) is 5.69 Å². The number of para-hydroxylation sites is 1. The number of carbonyl (C=O) groups excluding carboxylic acids is 1. The van der Waals surface area contributed by atoms with Gasteiger partial charge in [-0.3, -0.25) is 9.10 Å². The second-order valence-corrected chi connectivity index (χ2v) is 7.50. The van der Waals surface area contributed by atoms with Crippen LogP contribution >= 0.6 is 0 Å². The average Bonchev–Trinajstić information content (AvgIpc) is 2.84. The van der Waals surface area contributed by atoms with Crippen LogP contribution in [0.5, 0.6) is 0 Å². The van der Waals surface area contributed by atoms with E-state index in [4.69, 9.17) is 0 Å². The molecule has 0 saturated carbocycles. The minimum atomic E-state index is -3.75. The van der Waals surface area contributed by atoms with Crippen LogP contribution in [0.25, 0.3) is 0 Å². The van der Waals surface area contributed by atoms with Crippen molar-refractivity contribution < 1.29 is 13.2 Å². The summed E-state index contributed by atoms with van der Waals surface area (Å²) >= 11 is 0. The number of aromatic nitrogens is 1. The van der Waals surface area contributed by atoms with Crippen molar-refractivity contribution in [3.05, 3.63) is 47.8 Å². The van der Waals surface area contributed by atoms with Gasteiger partial charge in [-0.2, -0.15) is 0 Å². The molecule has 128 valence electrons. The molecule has 2 heterocycles. The van der Waals surface area contributed by atoms with Crippen molar-refractivity contribution in [1.29, 1.82) is 0 Å². The van der Waals surface area contributed by atoms with Gasteiger partial charge in [0.15, 0.2) is 0 Å². The summed E-state index contributed by atoms with van der Waals surface area (Å²) in [6, 6.07) is 8.85. The number of nitrogens with zero attached hydrogens (tertiary/aromatic N) is 2. The lowest BCUT2D eigenvalue weighted by molar-refractivity contribution is 0.0955. The van der Waals surface area contributed by atoms with Crippen LogP contribution in [0, 0.1) is 0 Å². The standard InChI is InChI=1S/C16H20N4O3S/c1-17-16(21)15-9-13(11-19(15)2)24(22,23)20-8-7-18-10-12-5-3-4-6-14(12)20/h3-6,9,11,18H,7-8,10H2,1-2H3,(H,17,21). The number of carbonyl (C=O) groups is 1. The SMILES string of the molecule is CNC(=O)c1cc(S(=O)(=O)N2CCNCc3ccccc32)cn1C. The molecule has 0 spiro atoms. The van der Waals surface area contributed by atoms with Crippen LogP contribution < -0.4 is 14.9 Å². The molecule has 2 aromatic rings. The maximum atomic E-state index is 13.1. The van der Waals surface area contributed by atoms with Crippen LogP contribution in [0.15, 0.2) is 41.4 Å². The highest BCUT2D eigenvalue weighted by Crippen LogP contribution is 2.28. The van der Waals surface area contributed by atoms with Crippen molar-refractivity contribution in [3.8, 4) is 0 Å². The van der Waals surface area contributed by atoms with Gasteiger partial charge in [-0.1, -0.05) is 18.2 Å². The van der Waals surface area contributed by atoms with E-state index >= 15 is 0 Å². The molecule has 8 heteroatoms. The van der Waals surface area contributed by atoms with Gasteiger partial charge in [-0.15, -0.1) is 0 Å². The molecule has 24 heavy (non-hydrogen) atoms. The Balaban J connectivity index is 2.07. The fourth-order valence-electron chi connectivity index (χ4n) is 2.83. The first-order valence-corrected chi connectivity index (χ1v) is 9.09. The number of hydrogen-bond donors (Lipinski definition) is 2. The number of anilines is 1. The van der Waals surface area contributed by atoms with E-state index in [1.54, 1.807) is 7.05 Å². The minimum absolute atomic E-state index is 0.111. The highest BCUT2D eigenvalue weighted by atomic mass is 32.2. The predicted molar refractivity (Wildman–Crippen MR) is 91.5 cm³/mol. The molecule has 0 atom stereocenters. The molecule has 1 aromatic carbocycles. The smallest absolute Gasteiger partial charge is 0.267 e. The van der Waals surface area contributed by atoms with Crippen molar-refractivity contribution in [2.45, 2.75) is 11.4 Å². The first-order chi connectivity index (χ1) is 11.4. The van der Waals surface area contributed by atoms with E-state index in [9.17, 15) is 13.2 Å². The summed E-state index contributed by atoms with van der Waals surface area (Å²) in [5, 5.41) is 5.74. The van der Waals surface area contributed by atoms with Gasteiger partial charge in [-0.25, -0.2) is 8.42 Å². The Morgan fingerprint density at radius 1 is 1.29 bits per heavy atom. The first-order valence-electron chi connectivity index (χ1n) is 7.65. The summed E-state index contributed by atoms with van der Waals surface area (Å²) in [4.78, 5) is 12.0. The van der Waals surface area contributed by atoms with Crippen molar-refractivity contribution in [2.24, 2.45) is 7.05 Å². The van der Waals surface area contributed by atoms with E-state index in [1.807, 2.05) is 24.3 Å². The second-order valence-electron chi connectivity index (χ2n) is 5.63. The highest BCUT2D eigenvalue weighted by Gasteiger charge is 2.29. The van der Waals surface area contributed by atoms with Gasteiger partial charge in [0.05, 0.1) is 5.69 Å². The molecule has 0 aliphatic carbocycles. The maximum Gasteiger partial charge on any atom is 0.267 e. The number of sulfonamides is 1. The van der Waals surface area contributed by atoms with Crippen LogP contribution in [-0.4, -0.2) is 39.0 Å². The van der Waals surface area contributed by atoms with Crippen LogP contribution in [-0.2, 0) is 23.6 Å². The Labute approximate surface area is 141 Å². The number of amides is 1. The van der Waals surface area contributed by atoms with Crippen LogP contribution in [0.1, 0.15) is 16.1 Å². The zero-order chi connectivity index (χ0) is 17.3. The van der Waals surface area contributed by atoms with E-state index < -0.39 is 10.0 Å². The fourth-order valence-corrected chi connectivity index (χ4v) is 4.41. The molecule has 0 radical (unpaired) electrons. The van der Waals surface area contributed by atoms with E-state index in [1.165, 1.54) is 28.2 Å². The number of hydrogen-bond acceptors (Lipinski definition) is 4. The van der Waals surface area contributed by atoms with Crippen molar-refractivity contribution in [3.63, 3.8) is 0 Å². The number of fused-ring (bicyclic) bond motifs is 1. The fraction of sp³-hybridized carbons (Fsp3) is 0.312. The lowest BCUT2D eigenvalue weighted by Crippen LogP contribution is -2.34. The van der Waals surface area contributed by atoms with Crippen molar-refractivity contribution in [2.75, 3.05) is 24.4 Å². The zero-order valence-electron chi connectivity index (χ0n) is 13.6. The average molecular weight is 348 g/mol. The Hall–Kier alpha value is -2.32. The van der Waals surface area contributed by atoms with E-state index in [0.717, 1.165) is 5.56 Å². The lowest BCUT2D eigenvalue weighted by Gasteiger charge is -2.23. The summed E-state index contributed by atoms with van der Waals surface area (Å²) in [6.07, 6.45) is 1.47. The van der Waals surface area contributed by atoms with Gasteiger partial charge in [0.25, 0.3) is 15.9 Å². The van der Waals surface area contributed by atoms with Crippen molar-refractivity contribution >= 4 is 21.6 Å². The van der Waals surface area contributed by atoms with Gasteiger partial charge in [0.2, 0.25) is 0 Å². The molecule has 3 rings (SSSR count). The number of aryl methyl sites for hydroxylation is 1. The van der Waals surface area contributed by atoms with E-state index in [0.29, 0.717) is 31.0 Å². The molecule has 2 N–H and O–H groups in total. The summed E-state index contributed by atoms with van der Waals surface area (Å²) in [6.45, 7) is 1.52. The lowest BCUT2D eigenvalue weighted by atomic mass is 10.2. The Kier molecular flexibility index (Phi) is 4.33. The van der Waals surface area contributed by atoms with Gasteiger partial charge < -0.3 is 15.2 Å². The number of rotatable bonds is 3. The number of benzene rings is 1. The monoisotopic (exact) mass is 348 g/mol. The van der Waals surface area contributed by atoms with Gasteiger partial charge in [-0.05, 0) is 17.7 Å². The molecular formula is C16H20N4O3S. The topological polar surface area (TPSA) is 83.4 Å². The van der Waals surface area contributed by atoms with Gasteiger partial charge in [0, 0.05) is 39.9 Å². The predicted octanol–water partition coefficient (Wildman–Crippen LogP) is 0.683. The molecule has 0 unspecified atom stereocenters. The van der Waals surface area contributed by atoms with E-state index in [2.05, 4.69) is 10.6 Å². The quantitative estimate of drug-likeness (QED) is 0.855. The van der Waals surface area contributed by atoms with E-state index in [-0.39, 0.29) is 10.8 Å². The third-order valence-corrected chi connectivity index (χ3v) is 5.87. The highest BCUT2D eigenvalue weighted by molar-refractivity contribution is 7.92. The maximum absolute atomic E-state index is 13.1. The second kappa shape index (κ2) is 6.29. The summed E-state index contributed by atoms with van der Waals surface area (Å²) in [7, 11) is -0.581. The van der Waals surface area contributed by atoms with Crippen molar-refractivity contribution in [1.82, 2.24) is 15.2 Å². The molecular weight excluding hydrogens is 328 g/mol. The summed E-state index contributed by atoms with van der Waals surface area (Å²) < 4.78 is 29.2. The Morgan fingerprint density at radius 3 is 2.79 bits per heavy atom. The largest absolute Gasteiger partial charge is 0.354 e. The van der Waals surface area contributed by atoms with Gasteiger partial charge in [0.1, 0.15) is 10.6 Å². The molecule has 0 bridgehead atoms. The third kappa shape index (κ3) is 2.78. The normalized spacial score (nSPS) is 14.8.